The number of hydrogen-bond acceptors (Lipinski definition) is 3. The summed E-state index contributed by atoms with van der Waals surface area (Å²) in [5.41, 5.74) is 7.42. The molecule has 0 radical (unpaired) electrons. The first-order valence-corrected chi connectivity index (χ1v) is 5.35. The zero-order valence-corrected chi connectivity index (χ0v) is 9.53. The van der Waals surface area contributed by atoms with Crippen molar-refractivity contribution in [1.29, 1.82) is 0 Å². The fourth-order valence-electron chi connectivity index (χ4n) is 1.19. The Balaban J connectivity index is 2.91. The minimum absolute atomic E-state index is 0.0460. The average molecular weight is 198 g/mol. The van der Waals surface area contributed by atoms with E-state index in [2.05, 4.69) is 37.5 Å². The smallest absolute Gasteiger partial charge is 0.0571 e. The Morgan fingerprint density at radius 3 is 2.54 bits per heavy atom. The van der Waals surface area contributed by atoms with Gasteiger partial charge in [0.05, 0.1) is 6.04 Å². The van der Waals surface area contributed by atoms with Crippen LogP contribution in [-0.4, -0.2) is 12.6 Å². The number of thiophene rings is 1. The summed E-state index contributed by atoms with van der Waals surface area (Å²) in [5.74, 6) is 0. The summed E-state index contributed by atoms with van der Waals surface area (Å²) in [5, 5.41) is 5.33. The molecule has 0 aromatic carbocycles. The fourth-order valence-corrected chi connectivity index (χ4v) is 2.30. The van der Waals surface area contributed by atoms with E-state index in [1.807, 2.05) is 7.05 Å². The summed E-state index contributed by atoms with van der Waals surface area (Å²) >= 11 is 1.73. The van der Waals surface area contributed by atoms with E-state index in [0.29, 0.717) is 0 Å². The van der Waals surface area contributed by atoms with Crippen molar-refractivity contribution < 1.29 is 0 Å². The lowest BCUT2D eigenvalue weighted by Crippen LogP contribution is -2.46. The van der Waals surface area contributed by atoms with Crippen LogP contribution in [0, 0.1) is 6.92 Å². The maximum absolute atomic E-state index is 6.18. The van der Waals surface area contributed by atoms with E-state index in [1.54, 1.807) is 11.3 Å². The molecule has 1 aromatic rings. The first kappa shape index (κ1) is 10.7. The molecule has 1 atom stereocenters. The molecule has 1 heterocycles. The molecule has 3 N–H and O–H groups in total. The Kier molecular flexibility index (Phi) is 3.11. The molecule has 0 aliphatic rings. The lowest BCUT2D eigenvalue weighted by atomic mass is 9.93. The second kappa shape index (κ2) is 3.78. The van der Waals surface area contributed by atoms with Gasteiger partial charge in [0.25, 0.3) is 0 Å². The number of nitrogens with two attached hydrogens (primary N) is 1. The van der Waals surface area contributed by atoms with Crippen molar-refractivity contribution in [1.82, 2.24) is 5.32 Å². The van der Waals surface area contributed by atoms with Crippen LogP contribution in [0.3, 0.4) is 0 Å². The SMILES string of the molecule is CNC(C)(C)C(N)c1sccc1C. The maximum atomic E-state index is 6.18. The topological polar surface area (TPSA) is 38.0 Å². The molecule has 0 saturated heterocycles. The van der Waals surface area contributed by atoms with Crippen molar-refractivity contribution in [3.63, 3.8) is 0 Å². The third-order valence-electron chi connectivity index (χ3n) is 2.61. The summed E-state index contributed by atoms with van der Waals surface area (Å²) in [6.07, 6.45) is 0. The molecule has 3 heteroatoms. The Bertz CT molecular complexity index is 278. The van der Waals surface area contributed by atoms with Gasteiger partial charge in [0.2, 0.25) is 0 Å². The average Bonchev–Trinajstić information content (AvgIpc) is 2.50. The van der Waals surface area contributed by atoms with Gasteiger partial charge in [-0.1, -0.05) is 0 Å². The number of rotatable bonds is 3. The monoisotopic (exact) mass is 198 g/mol. The van der Waals surface area contributed by atoms with Gasteiger partial charge < -0.3 is 11.1 Å². The molecule has 13 heavy (non-hydrogen) atoms. The van der Waals surface area contributed by atoms with E-state index in [1.165, 1.54) is 10.4 Å². The normalized spacial score (nSPS) is 14.5. The Hall–Kier alpha value is -0.380. The summed E-state index contributed by atoms with van der Waals surface area (Å²) in [6.45, 7) is 6.35. The Morgan fingerprint density at radius 1 is 1.54 bits per heavy atom. The molecule has 1 unspecified atom stereocenters. The van der Waals surface area contributed by atoms with Crippen molar-refractivity contribution in [3.8, 4) is 0 Å². The third-order valence-corrected chi connectivity index (χ3v) is 3.71. The van der Waals surface area contributed by atoms with Gasteiger partial charge >= 0.3 is 0 Å². The van der Waals surface area contributed by atoms with E-state index in [0.717, 1.165) is 0 Å². The highest BCUT2D eigenvalue weighted by Crippen LogP contribution is 2.29. The van der Waals surface area contributed by atoms with Crippen LogP contribution in [0.15, 0.2) is 11.4 Å². The van der Waals surface area contributed by atoms with Crippen LogP contribution in [0.1, 0.15) is 30.3 Å². The zero-order chi connectivity index (χ0) is 10.1. The van der Waals surface area contributed by atoms with Crippen molar-refractivity contribution in [3.05, 3.63) is 21.9 Å². The minimum Gasteiger partial charge on any atom is -0.322 e. The van der Waals surface area contributed by atoms with Gasteiger partial charge in [0.1, 0.15) is 0 Å². The van der Waals surface area contributed by atoms with E-state index < -0.39 is 0 Å². The number of aryl methyl sites for hydroxylation is 1. The standard InChI is InChI=1S/C10H18N2S/c1-7-5-6-13-8(7)9(11)10(2,3)12-4/h5-6,9,12H,11H2,1-4H3. The molecule has 0 saturated carbocycles. The molecule has 1 aromatic heterocycles. The van der Waals surface area contributed by atoms with E-state index in [9.17, 15) is 0 Å². The highest BCUT2D eigenvalue weighted by molar-refractivity contribution is 7.10. The van der Waals surface area contributed by atoms with Gasteiger partial charge in [-0.15, -0.1) is 11.3 Å². The van der Waals surface area contributed by atoms with Gasteiger partial charge in [0, 0.05) is 10.4 Å². The van der Waals surface area contributed by atoms with Gasteiger partial charge in [0.15, 0.2) is 0 Å². The highest BCUT2D eigenvalue weighted by atomic mass is 32.1. The molecule has 0 aliphatic carbocycles. The Morgan fingerprint density at radius 2 is 2.15 bits per heavy atom. The minimum atomic E-state index is -0.0460. The molecule has 0 aliphatic heterocycles. The molecule has 74 valence electrons. The predicted octanol–water partition coefficient (Wildman–Crippen LogP) is 2.05. The Labute approximate surface area is 84.2 Å². The van der Waals surface area contributed by atoms with E-state index in [4.69, 9.17) is 5.73 Å². The third kappa shape index (κ3) is 2.10. The highest BCUT2D eigenvalue weighted by Gasteiger charge is 2.27. The lowest BCUT2D eigenvalue weighted by molar-refractivity contribution is 0.351. The molecular formula is C10H18N2S. The quantitative estimate of drug-likeness (QED) is 0.780. The number of hydrogen-bond donors (Lipinski definition) is 2. The molecule has 2 nitrogen and oxygen atoms in total. The second-order valence-corrected chi connectivity index (χ2v) is 4.86. The first-order valence-electron chi connectivity index (χ1n) is 4.47. The summed E-state index contributed by atoms with van der Waals surface area (Å²) in [4.78, 5) is 1.28. The van der Waals surface area contributed by atoms with Crippen LogP contribution in [0.5, 0.6) is 0 Å². The van der Waals surface area contributed by atoms with Gasteiger partial charge in [-0.2, -0.15) is 0 Å². The first-order chi connectivity index (χ1) is 5.99. The molecule has 0 bridgehead atoms. The van der Waals surface area contributed by atoms with Crippen molar-refractivity contribution >= 4 is 11.3 Å². The van der Waals surface area contributed by atoms with E-state index in [-0.39, 0.29) is 11.6 Å². The molecule has 1 rings (SSSR count). The van der Waals surface area contributed by atoms with Crippen LogP contribution in [0.4, 0.5) is 0 Å². The van der Waals surface area contributed by atoms with Crippen molar-refractivity contribution in [2.45, 2.75) is 32.4 Å². The van der Waals surface area contributed by atoms with Gasteiger partial charge in [-0.3, -0.25) is 0 Å². The second-order valence-electron chi connectivity index (χ2n) is 3.92. The fraction of sp³-hybridized carbons (Fsp3) is 0.600. The van der Waals surface area contributed by atoms with Crippen LogP contribution in [0.25, 0.3) is 0 Å². The number of likely N-dealkylation sites (N-methyl/N-ethyl adjacent to an activating group) is 1. The zero-order valence-electron chi connectivity index (χ0n) is 8.72. The van der Waals surface area contributed by atoms with Crippen LogP contribution in [-0.2, 0) is 0 Å². The molecular weight excluding hydrogens is 180 g/mol. The van der Waals surface area contributed by atoms with Gasteiger partial charge in [-0.05, 0) is 44.8 Å². The van der Waals surface area contributed by atoms with Crippen LogP contribution < -0.4 is 11.1 Å². The molecule has 0 spiro atoms. The molecule has 0 fully saturated rings. The summed E-state index contributed by atoms with van der Waals surface area (Å²) < 4.78 is 0. The van der Waals surface area contributed by atoms with Gasteiger partial charge in [-0.25, -0.2) is 0 Å². The molecule has 0 amide bonds. The predicted molar refractivity (Wildman–Crippen MR) is 59.1 cm³/mol. The summed E-state index contributed by atoms with van der Waals surface area (Å²) in [7, 11) is 1.95. The van der Waals surface area contributed by atoms with Crippen LogP contribution in [0.2, 0.25) is 0 Å². The van der Waals surface area contributed by atoms with Crippen molar-refractivity contribution in [2.75, 3.05) is 7.05 Å². The maximum Gasteiger partial charge on any atom is 0.0571 e. The van der Waals surface area contributed by atoms with Crippen LogP contribution >= 0.6 is 11.3 Å². The number of nitrogens with one attached hydrogen (secondary N) is 1. The lowest BCUT2D eigenvalue weighted by Gasteiger charge is -2.31. The summed E-state index contributed by atoms with van der Waals surface area (Å²) in [6, 6.07) is 2.18. The largest absolute Gasteiger partial charge is 0.322 e. The van der Waals surface area contributed by atoms with E-state index >= 15 is 0 Å². The van der Waals surface area contributed by atoms with Crippen molar-refractivity contribution in [2.24, 2.45) is 5.73 Å².